The third-order valence-corrected chi connectivity index (χ3v) is 5.30. The number of hydrogen-bond donors (Lipinski definition) is 2. The van der Waals surface area contributed by atoms with Gasteiger partial charge in [-0.15, -0.1) is 0 Å². The second-order valence-electron chi connectivity index (χ2n) is 6.89. The summed E-state index contributed by atoms with van der Waals surface area (Å²) in [6.07, 6.45) is 0. The van der Waals surface area contributed by atoms with Gasteiger partial charge in [0.15, 0.2) is 0 Å². The van der Waals surface area contributed by atoms with Crippen LogP contribution >= 0.6 is 0 Å². The lowest BCUT2D eigenvalue weighted by molar-refractivity contribution is -0.141. The number of hydrogen-bond acceptors (Lipinski definition) is 3. The number of nitrogens with zero attached hydrogens (tertiary/aromatic N) is 2. The molecule has 2 heterocycles. The molecule has 1 aliphatic heterocycles. The van der Waals surface area contributed by atoms with E-state index in [0.717, 1.165) is 5.56 Å². The Hall–Kier alpha value is -3.35. The summed E-state index contributed by atoms with van der Waals surface area (Å²) in [7, 11) is 1.64. The molecule has 0 radical (unpaired) electrons. The molecular formula is C20H19N3O4. The highest BCUT2D eigenvalue weighted by Gasteiger charge is 2.40. The molecule has 0 spiro atoms. The molecule has 0 bridgehead atoms. The van der Waals surface area contributed by atoms with E-state index in [4.69, 9.17) is 0 Å². The van der Waals surface area contributed by atoms with Crippen molar-refractivity contribution in [1.29, 1.82) is 0 Å². The Kier molecular flexibility index (Phi) is 4.07. The van der Waals surface area contributed by atoms with Crippen LogP contribution in [0.2, 0.25) is 0 Å². The van der Waals surface area contributed by atoms with E-state index in [1.807, 2.05) is 30.3 Å². The number of aliphatic carboxylic acids is 1. The Bertz CT molecular complexity index is 1080. The van der Waals surface area contributed by atoms with Crippen molar-refractivity contribution in [3.63, 3.8) is 0 Å². The lowest BCUT2D eigenvalue weighted by atomic mass is 9.89. The van der Waals surface area contributed by atoms with Crippen LogP contribution in [0.1, 0.15) is 21.8 Å². The van der Waals surface area contributed by atoms with Gasteiger partial charge >= 0.3 is 11.7 Å². The topological polar surface area (TPSA) is 95.4 Å². The van der Waals surface area contributed by atoms with Crippen LogP contribution in [-0.4, -0.2) is 44.5 Å². The van der Waals surface area contributed by atoms with Crippen molar-refractivity contribution in [2.75, 3.05) is 13.1 Å². The molecular weight excluding hydrogens is 346 g/mol. The van der Waals surface area contributed by atoms with Crippen LogP contribution in [0.3, 0.4) is 0 Å². The maximum atomic E-state index is 13.0. The summed E-state index contributed by atoms with van der Waals surface area (Å²) in [6, 6.07) is 14.5. The average molecular weight is 365 g/mol. The molecule has 2 atom stereocenters. The number of amides is 1. The first kappa shape index (κ1) is 17.1. The fourth-order valence-corrected chi connectivity index (χ4v) is 3.80. The van der Waals surface area contributed by atoms with Crippen LogP contribution in [0.4, 0.5) is 0 Å². The molecule has 1 amide bonds. The van der Waals surface area contributed by atoms with Gasteiger partial charge in [-0.2, -0.15) is 0 Å². The van der Waals surface area contributed by atoms with Gasteiger partial charge in [0, 0.05) is 31.6 Å². The lowest BCUT2D eigenvalue weighted by Gasteiger charge is -2.17. The molecule has 27 heavy (non-hydrogen) atoms. The van der Waals surface area contributed by atoms with Gasteiger partial charge < -0.3 is 15.0 Å². The van der Waals surface area contributed by atoms with Crippen LogP contribution in [0.5, 0.6) is 0 Å². The molecule has 2 N–H and O–H groups in total. The zero-order valence-electron chi connectivity index (χ0n) is 14.8. The largest absolute Gasteiger partial charge is 0.481 e. The average Bonchev–Trinajstić information content (AvgIpc) is 3.24. The van der Waals surface area contributed by atoms with E-state index < -0.39 is 11.9 Å². The predicted molar refractivity (Wildman–Crippen MR) is 99.8 cm³/mol. The first-order valence-corrected chi connectivity index (χ1v) is 8.71. The number of rotatable bonds is 3. The van der Waals surface area contributed by atoms with E-state index in [0.29, 0.717) is 23.1 Å². The molecule has 1 fully saturated rings. The molecule has 7 heteroatoms. The van der Waals surface area contributed by atoms with Gasteiger partial charge in [-0.3, -0.25) is 14.2 Å². The number of fused-ring (bicyclic) bond motifs is 1. The number of imidazole rings is 1. The third kappa shape index (κ3) is 2.91. The second kappa shape index (κ2) is 6.42. The van der Waals surface area contributed by atoms with E-state index >= 15 is 0 Å². The van der Waals surface area contributed by atoms with E-state index in [2.05, 4.69) is 4.98 Å². The highest BCUT2D eigenvalue weighted by molar-refractivity contribution is 5.98. The molecule has 7 nitrogen and oxygen atoms in total. The van der Waals surface area contributed by atoms with Crippen LogP contribution in [0, 0.1) is 5.92 Å². The molecule has 3 aromatic rings. The standard InChI is InChI=1S/C20H19N3O4/c1-22-17-9-13(7-8-16(17)21-20(22)27)18(24)23-10-14(15(11-23)19(25)26)12-5-3-2-4-6-12/h2-9,14-15H,10-11H2,1H3,(H,21,27)(H,25,26). The molecule has 138 valence electrons. The summed E-state index contributed by atoms with van der Waals surface area (Å²) < 4.78 is 1.45. The number of nitrogens with one attached hydrogen (secondary N) is 1. The Morgan fingerprint density at radius 3 is 2.56 bits per heavy atom. The molecule has 1 aromatic heterocycles. The Morgan fingerprint density at radius 1 is 1.11 bits per heavy atom. The minimum absolute atomic E-state index is 0.165. The normalized spacial score (nSPS) is 19.5. The molecule has 0 aliphatic carbocycles. The van der Waals surface area contributed by atoms with Gasteiger partial charge in [-0.25, -0.2) is 4.79 Å². The number of carboxylic acids is 1. The summed E-state index contributed by atoms with van der Waals surface area (Å²) in [5.41, 5.74) is 2.41. The third-order valence-electron chi connectivity index (χ3n) is 5.30. The van der Waals surface area contributed by atoms with Gasteiger partial charge in [0.2, 0.25) is 0 Å². The maximum absolute atomic E-state index is 13.0. The Morgan fingerprint density at radius 2 is 1.85 bits per heavy atom. The van der Waals surface area contributed by atoms with E-state index in [1.165, 1.54) is 4.57 Å². The number of carbonyl (C=O) groups excluding carboxylic acids is 1. The van der Waals surface area contributed by atoms with Gasteiger partial charge in [0.25, 0.3) is 5.91 Å². The van der Waals surface area contributed by atoms with Crippen molar-refractivity contribution in [3.05, 3.63) is 70.1 Å². The number of likely N-dealkylation sites (tertiary alicyclic amines) is 1. The van der Waals surface area contributed by atoms with E-state index in [-0.39, 0.29) is 24.1 Å². The lowest BCUT2D eigenvalue weighted by Crippen LogP contribution is -2.29. The molecule has 1 aliphatic rings. The Balaban J connectivity index is 1.65. The second-order valence-corrected chi connectivity index (χ2v) is 6.89. The molecule has 2 unspecified atom stereocenters. The van der Waals surface area contributed by atoms with E-state index in [9.17, 15) is 19.5 Å². The Labute approximate surface area is 154 Å². The number of aromatic amines is 1. The van der Waals surface area contributed by atoms with Gasteiger partial charge in [0.05, 0.1) is 17.0 Å². The summed E-state index contributed by atoms with van der Waals surface area (Å²) in [5.74, 6) is -2.01. The summed E-state index contributed by atoms with van der Waals surface area (Å²) in [6.45, 7) is 0.516. The maximum Gasteiger partial charge on any atom is 0.326 e. The van der Waals surface area contributed by atoms with Crippen LogP contribution in [0.25, 0.3) is 11.0 Å². The van der Waals surface area contributed by atoms with Crippen LogP contribution in [-0.2, 0) is 11.8 Å². The van der Waals surface area contributed by atoms with Gasteiger partial charge in [0.1, 0.15) is 0 Å². The predicted octanol–water partition coefficient (Wildman–Crippen LogP) is 1.81. The van der Waals surface area contributed by atoms with Crippen molar-refractivity contribution in [2.45, 2.75) is 5.92 Å². The van der Waals surface area contributed by atoms with Crippen LogP contribution in [0.15, 0.2) is 53.3 Å². The molecule has 1 saturated heterocycles. The first-order chi connectivity index (χ1) is 13.0. The van der Waals surface area contributed by atoms with Crippen molar-refractivity contribution < 1.29 is 14.7 Å². The number of carbonyl (C=O) groups is 2. The zero-order valence-corrected chi connectivity index (χ0v) is 14.8. The quantitative estimate of drug-likeness (QED) is 0.740. The van der Waals surface area contributed by atoms with Crippen molar-refractivity contribution in [1.82, 2.24) is 14.5 Å². The summed E-state index contributed by atoms with van der Waals surface area (Å²) >= 11 is 0. The highest BCUT2D eigenvalue weighted by atomic mass is 16.4. The summed E-state index contributed by atoms with van der Waals surface area (Å²) in [4.78, 5) is 40.8. The molecule has 0 saturated carbocycles. The number of H-pyrrole nitrogens is 1. The van der Waals surface area contributed by atoms with Crippen molar-refractivity contribution in [3.8, 4) is 0 Å². The monoisotopic (exact) mass is 365 g/mol. The smallest absolute Gasteiger partial charge is 0.326 e. The fourth-order valence-electron chi connectivity index (χ4n) is 3.80. The number of aryl methyl sites for hydroxylation is 1. The van der Waals surface area contributed by atoms with Crippen LogP contribution < -0.4 is 5.69 Å². The minimum atomic E-state index is -0.900. The van der Waals surface area contributed by atoms with Gasteiger partial charge in [-0.1, -0.05) is 30.3 Å². The van der Waals surface area contributed by atoms with Crippen molar-refractivity contribution >= 4 is 22.9 Å². The SMILES string of the molecule is Cn1c(=O)[nH]c2ccc(C(=O)N3CC(C(=O)O)C(c4ccccc4)C3)cc21. The fraction of sp³-hybridized carbons (Fsp3) is 0.250. The minimum Gasteiger partial charge on any atom is -0.481 e. The van der Waals surface area contributed by atoms with Crippen molar-refractivity contribution in [2.24, 2.45) is 13.0 Å². The number of carboxylic acid groups (broad SMARTS) is 1. The zero-order chi connectivity index (χ0) is 19.1. The number of benzene rings is 2. The molecule has 4 rings (SSSR count). The highest BCUT2D eigenvalue weighted by Crippen LogP contribution is 2.33. The molecule has 2 aromatic carbocycles. The van der Waals surface area contributed by atoms with Gasteiger partial charge in [-0.05, 0) is 23.8 Å². The first-order valence-electron chi connectivity index (χ1n) is 8.71. The number of aromatic nitrogens is 2. The summed E-state index contributed by atoms with van der Waals surface area (Å²) in [5, 5.41) is 9.62. The van der Waals surface area contributed by atoms with E-state index in [1.54, 1.807) is 30.1 Å².